The highest BCUT2D eigenvalue weighted by atomic mass is 35.5. The first-order valence-electron chi connectivity index (χ1n) is 8.04. The number of benzene rings is 2. The van der Waals surface area contributed by atoms with Crippen LogP contribution in [0.2, 0.25) is 5.15 Å². The standard InChI is InChI=1S/C19H20ClN3O/c1-3-24-17-10-14-6-4-5-7-15(14)13(2)16(17)8-9-21-19-11-18(20)22-12-23-19/h4-7,10-12H,3,8-9H2,1-2H3,(H,21,22,23). The second-order valence-corrected chi connectivity index (χ2v) is 5.92. The minimum absolute atomic E-state index is 0.435. The molecule has 0 saturated heterocycles. The third-order valence-electron chi connectivity index (χ3n) is 4.02. The molecule has 0 unspecified atom stereocenters. The van der Waals surface area contributed by atoms with E-state index in [-0.39, 0.29) is 0 Å². The lowest BCUT2D eigenvalue weighted by Crippen LogP contribution is -2.09. The lowest BCUT2D eigenvalue weighted by molar-refractivity contribution is 0.337. The van der Waals surface area contributed by atoms with Gasteiger partial charge in [-0.3, -0.25) is 0 Å². The number of nitrogens with zero attached hydrogens (tertiary/aromatic N) is 2. The molecule has 0 spiro atoms. The van der Waals surface area contributed by atoms with Gasteiger partial charge in [0.05, 0.1) is 6.61 Å². The molecule has 3 aromatic rings. The summed E-state index contributed by atoms with van der Waals surface area (Å²) in [6.45, 7) is 5.56. The zero-order valence-corrected chi connectivity index (χ0v) is 14.6. The number of nitrogens with one attached hydrogen (secondary N) is 1. The lowest BCUT2D eigenvalue weighted by Gasteiger charge is -2.16. The molecule has 4 nitrogen and oxygen atoms in total. The van der Waals surface area contributed by atoms with Gasteiger partial charge in [-0.1, -0.05) is 35.9 Å². The van der Waals surface area contributed by atoms with Gasteiger partial charge >= 0.3 is 0 Å². The second kappa shape index (κ2) is 7.49. The Morgan fingerprint density at radius 1 is 1.17 bits per heavy atom. The monoisotopic (exact) mass is 341 g/mol. The van der Waals surface area contributed by atoms with E-state index in [0.29, 0.717) is 11.8 Å². The molecule has 0 saturated carbocycles. The highest BCUT2D eigenvalue weighted by molar-refractivity contribution is 6.29. The van der Waals surface area contributed by atoms with Crippen molar-refractivity contribution in [3.05, 3.63) is 59.0 Å². The summed E-state index contributed by atoms with van der Waals surface area (Å²) < 4.78 is 5.87. The molecule has 0 aliphatic carbocycles. The van der Waals surface area contributed by atoms with Gasteiger partial charge in [-0.15, -0.1) is 0 Å². The molecule has 24 heavy (non-hydrogen) atoms. The quantitative estimate of drug-likeness (QED) is 0.663. The van der Waals surface area contributed by atoms with E-state index in [0.717, 1.165) is 24.5 Å². The van der Waals surface area contributed by atoms with Crippen LogP contribution >= 0.6 is 11.6 Å². The SMILES string of the molecule is CCOc1cc2ccccc2c(C)c1CCNc1cc(Cl)ncn1. The summed E-state index contributed by atoms with van der Waals surface area (Å²) in [5, 5.41) is 6.19. The van der Waals surface area contributed by atoms with Crippen LogP contribution in [0.5, 0.6) is 5.75 Å². The molecule has 1 N–H and O–H groups in total. The molecule has 0 fully saturated rings. The average molecular weight is 342 g/mol. The molecule has 0 bridgehead atoms. The van der Waals surface area contributed by atoms with Gasteiger partial charge in [0.15, 0.2) is 0 Å². The Labute approximate surface area is 146 Å². The Hall–Kier alpha value is -2.33. The summed E-state index contributed by atoms with van der Waals surface area (Å²) in [7, 11) is 0. The number of halogens is 1. The summed E-state index contributed by atoms with van der Waals surface area (Å²) in [6.07, 6.45) is 2.30. The van der Waals surface area contributed by atoms with E-state index in [9.17, 15) is 0 Å². The van der Waals surface area contributed by atoms with Crippen molar-refractivity contribution in [3.8, 4) is 5.75 Å². The van der Waals surface area contributed by atoms with Gasteiger partial charge in [0.2, 0.25) is 0 Å². The summed E-state index contributed by atoms with van der Waals surface area (Å²) in [5.41, 5.74) is 2.49. The van der Waals surface area contributed by atoms with Gasteiger partial charge in [0, 0.05) is 12.6 Å². The molecule has 0 amide bonds. The van der Waals surface area contributed by atoms with Crippen molar-refractivity contribution in [2.24, 2.45) is 0 Å². The van der Waals surface area contributed by atoms with Crippen molar-refractivity contribution >= 4 is 28.2 Å². The highest BCUT2D eigenvalue weighted by Crippen LogP contribution is 2.31. The Bertz CT molecular complexity index is 851. The lowest BCUT2D eigenvalue weighted by atomic mass is 9.97. The number of aromatic nitrogens is 2. The van der Waals surface area contributed by atoms with Crippen molar-refractivity contribution in [2.75, 3.05) is 18.5 Å². The molecule has 5 heteroatoms. The van der Waals surface area contributed by atoms with Crippen LogP contribution in [0.1, 0.15) is 18.1 Å². The van der Waals surface area contributed by atoms with Gasteiger partial charge in [-0.05, 0) is 48.2 Å². The maximum Gasteiger partial charge on any atom is 0.134 e. The van der Waals surface area contributed by atoms with E-state index >= 15 is 0 Å². The topological polar surface area (TPSA) is 47.0 Å². The molecule has 124 valence electrons. The number of hydrogen-bond donors (Lipinski definition) is 1. The molecule has 1 aromatic heterocycles. The number of fused-ring (bicyclic) bond motifs is 1. The van der Waals surface area contributed by atoms with E-state index in [2.05, 4.69) is 52.5 Å². The van der Waals surface area contributed by atoms with Crippen LogP contribution in [0.15, 0.2) is 42.7 Å². The summed E-state index contributed by atoms with van der Waals surface area (Å²) in [5.74, 6) is 1.68. The largest absolute Gasteiger partial charge is 0.494 e. The fourth-order valence-electron chi connectivity index (χ4n) is 2.88. The van der Waals surface area contributed by atoms with Crippen LogP contribution in [0.4, 0.5) is 5.82 Å². The van der Waals surface area contributed by atoms with Crippen molar-refractivity contribution in [2.45, 2.75) is 20.3 Å². The smallest absolute Gasteiger partial charge is 0.134 e. The number of aryl methyl sites for hydroxylation is 1. The van der Waals surface area contributed by atoms with Gasteiger partial charge in [0.1, 0.15) is 23.0 Å². The van der Waals surface area contributed by atoms with Gasteiger partial charge in [-0.2, -0.15) is 0 Å². The minimum atomic E-state index is 0.435. The number of ether oxygens (including phenoxy) is 1. The Morgan fingerprint density at radius 3 is 2.79 bits per heavy atom. The van der Waals surface area contributed by atoms with Crippen molar-refractivity contribution in [1.82, 2.24) is 9.97 Å². The predicted molar refractivity (Wildman–Crippen MR) is 99.1 cm³/mol. The number of anilines is 1. The molecule has 0 atom stereocenters. The van der Waals surface area contributed by atoms with E-state index in [1.165, 1.54) is 28.2 Å². The van der Waals surface area contributed by atoms with E-state index in [1.54, 1.807) is 6.07 Å². The van der Waals surface area contributed by atoms with Crippen molar-refractivity contribution in [1.29, 1.82) is 0 Å². The molecule has 3 rings (SSSR count). The third-order valence-corrected chi connectivity index (χ3v) is 4.22. The van der Waals surface area contributed by atoms with Crippen LogP contribution in [0.25, 0.3) is 10.8 Å². The van der Waals surface area contributed by atoms with E-state index in [4.69, 9.17) is 16.3 Å². The summed E-state index contributed by atoms with van der Waals surface area (Å²) in [6, 6.07) is 12.2. The van der Waals surface area contributed by atoms with Crippen LogP contribution in [-0.4, -0.2) is 23.1 Å². The summed E-state index contributed by atoms with van der Waals surface area (Å²) >= 11 is 5.89. The van der Waals surface area contributed by atoms with Gasteiger partial charge in [-0.25, -0.2) is 9.97 Å². The van der Waals surface area contributed by atoms with Crippen LogP contribution < -0.4 is 10.1 Å². The highest BCUT2D eigenvalue weighted by Gasteiger charge is 2.11. The van der Waals surface area contributed by atoms with Gasteiger partial charge in [0.25, 0.3) is 0 Å². The number of rotatable bonds is 6. The molecule has 0 aliphatic rings. The Balaban J connectivity index is 1.84. The first-order chi connectivity index (χ1) is 11.7. The molecule has 0 radical (unpaired) electrons. The molecule has 2 aromatic carbocycles. The van der Waals surface area contributed by atoms with E-state index in [1.807, 2.05) is 6.92 Å². The zero-order chi connectivity index (χ0) is 16.9. The fourth-order valence-corrected chi connectivity index (χ4v) is 3.03. The van der Waals surface area contributed by atoms with Gasteiger partial charge < -0.3 is 10.1 Å². The van der Waals surface area contributed by atoms with Crippen molar-refractivity contribution < 1.29 is 4.74 Å². The van der Waals surface area contributed by atoms with Crippen molar-refractivity contribution in [3.63, 3.8) is 0 Å². The number of hydrogen-bond acceptors (Lipinski definition) is 4. The zero-order valence-electron chi connectivity index (χ0n) is 13.8. The third kappa shape index (κ3) is 3.60. The minimum Gasteiger partial charge on any atom is -0.494 e. The Kier molecular flexibility index (Phi) is 5.16. The van der Waals surface area contributed by atoms with Crippen LogP contribution in [-0.2, 0) is 6.42 Å². The van der Waals surface area contributed by atoms with Crippen LogP contribution in [0, 0.1) is 6.92 Å². The molecular weight excluding hydrogens is 322 g/mol. The maximum absolute atomic E-state index is 5.89. The second-order valence-electron chi connectivity index (χ2n) is 5.54. The summed E-state index contributed by atoms with van der Waals surface area (Å²) in [4.78, 5) is 8.05. The maximum atomic E-state index is 5.89. The first-order valence-corrected chi connectivity index (χ1v) is 8.42. The Morgan fingerprint density at radius 2 is 2.00 bits per heavy atom. The normalized spacial score (nSPS) is 10.8. The average Bonchev–Trinajstić information content (AvgIpc) is 2.58. The van der Waals surface area contributed by atoms with Crippen LogP contribution in [0.3, 0.4) is 0 Å². The first kappa shape index (κ1) is 16.5. The predicted octanol–water partition coefficient (Wildman–Crippen LogP) is 4.64. The van der Waals surface area contributed by atoms with E-state index < -0.39 is 0 Å². The molecule has 1 heterocycles. The fraction of sp³-hybridized carbons (Fsp3) is 0.263. The molecule has 0 aliphatic heterocycles. The molecular formula is C19H20ClN3O.